The van der Waals surface area contributed by atoms with Crippen LogP contribution in [0.25, 0.3) is 0 Å². The first-order valence-corrected chi connectivity index (χ1v) is 10.6. The Bertz CT molecular complexity index is 974. The molecule has 0 spiro atoms. The number of benzene rings is 1. The van der Waals surface area contributed by atoms with E-state index in [1.807, 2.05) is 6.07 Å². The van der Waals surface area contributed by atoms with Crippen LogP contribution in [0.1, 0.15) is 19.8 Å². The summed E-state index contributed by atoms with van der Waals surface area (Å²) in [7, 11) is 1.71. The van der Waals surface area contributed by atoms with Crippen molar-refractivity contribution in [3.8, 4) is 0 Å². The fourth-order valence-corrected chi connectivity index (χ4v) is 4.58. The number of halogens is 2. The van der Waals surface area contributed by atoms with Crippen molar-refractivity contribution in [1.29, 1.82) is 0 Å². The van der Waals surface area contributed by atoms with Gasteiger partial charge in [0.2, 0.25) is 5.95 Å². The SMILES string of the molecule is Cn1c(N2CCC(C)(COC(N)=O)CC2)ncc(Sc2cccc(Cl)c2Cl)c1=O. The second kappa shape index (κ2) is 8.85. The average Bonchev–Trinajstić information content (AvgIpc) is 2.69. The molecule has 0 unspecified atom stereocenters. The van der Waals surface area contributed by atoms with Crippen molar-refractivity contribution in [2.75, 3.05) is 24.6 Å². The Morgan fingerprint density at radius 3 is 2.66 bits per heavy atom. The molecular weight excluding hydrogens is 435 g/mol. The lowest BCUT2D eigenvalue weighted by atomic mass is 9.81. The lowest BCUT2D eigenvalue weighted by Crippen LogP contribution is -2.43. The van der Waals surface area contributed by atoms with Gasteiger partial charge in [-0.05, 0) is 25.0 Å². The second-order valence-electron chi connectivity index (χ2n) is 7.35. The van der Waals surface area contributed by atoms with Crippen molar-refractivity contribution >= 4 is 47.0 Å². The maximum atomic E-state index is 12.9. The highest BCUT2D eigenvalue weighted by Gasteiger charge is 2.32. The predicted octanol–water partition coefficient (Wildman–Crippen LogP) is 3.94. The minimum Gasteiger partial charge on any atom is -0.449 e. The molecule has 0 atom stereocenters. The zero-order chi connectivity index (χ0) is 21.2. The molecule has 156 valence electrons. The van der Waals surface area contributed by atoms with E-state index in [0.717, 1.165) is 12.8 Å². The number of primary amides is 1. The maximum absolute atomic E-state index is 12.9. The van der Waals surface area contributed by atoms with Crippen molar-refractivity contribution in [2.24, 2.45) is 18.2 Å². The lowest BCUT2D eigenvalue weighted by Gasteiger charge is -2.39. The van der Waals surface area contributed by atoms with Gasteiger partial charge in [0.1, 0.15) is 0 Å². The molecule has 0 radical (unpaired) electrons. The third kappa shape index (κ3) is 4.99. The Morgan fingerprint density at radius 2 is 2.00 bits per heavy atom. The maximum Gasteiger partial charge on any atom is 0.404 e. The van der Waals surface area contributed by atoms with E-state index in [1.165, 1.54) is 11.8 Å². The summed E-state index contributed by atoms with van der Waals surface area (Å²) in [6.45, 7) is 3.75. The number of ether oxygens (including phenoxy) is 1. The number of rotatable bonds is 5. The van der Waals surface area contributed by atoms with Gasteiger partial charge < -0.3 is 15.4 Å². The van der Waals surface area contributed by atoms with Crippen molar-refractivity contribution in [3.05, 3.63) is 44.8 Å². The van der Waals surface area contributed by atoms with E-state index in [0.29, 0.717) is 45.5 Å². The summed E-state index contributed by atoms with van der Waals surface area (Å²) in [4.78, 5) is 31.5. The highest BCUT2D eigenvalue weighted by Crippen LogP contribution is 2.36. The van der Waals surface area contributed by atoms with Crippen molar-refractivity contribution in [2.45, 2.75) is 29.6 Å². The van der Waals surface area contributed by atoms with Gasteiger partial charge in [0.15, 0.2) is 0 Å². The van der Waals surface area contributed by atoms with E-state index >= 15 is 0 Å². The number of carbonyl (C=O) groups is 1. The Balaban J connectivity index is 1.74. The number of nitrogens with zero attached hydrogens (tertiary/aromatic N) is 3. The molecule has 0 bridgehead atoms. The van der Waals surface area contributed by atoms with Gasteiger partial charge in [-0.2, -0.15) is 0 Å². The van der Waals surface area contributed by atoms with Crippen LogP contribution < -0.4 is 16.2 Å². The summed E-state index contributed by atoms with van der Waals surface area (Å²) >= 11 is 13.5. The molecule has 7 nitrogen and oxygen atoms in total. The predicted molar refractivity (Wildman–Crippen MR) is 115 cm³/mol. The molecule has 1 saturated heterocycles. The summed E-state index contributed by atoms with van der Waals surface area (Å²) in [5, 5.41) is 0.855. The highest BCUT2D eigenvalue weighted by atomic mass is 35.5. The third-order valence-corrected chi connectivity index (χ3v) is 7.06. The summed E-state index contributed by atoms with van der Waals surface area (Å²) in [6, 6.07) is 5.30. The van der Waals surface area contributed by atoms with Crippen LogP contribution in [0.4, 0.5) is 10.7 Å². The Morgan fingerprint density at radius 1 is 1.31 bits per heavy atom. The topological polar surface area (TPSA) is 90.4 Å². The number of carbonyl (C=O) groups excluding carboxylic acids is 1. The van der Waals surface area contributed by atoms with Crippen LogP contribution in [0, 0.1) is 5.41 Å². The molecule has 29 heavy (non-hydrogen) atoms. The highest BCUT2D eigenvalue weighted by molar-refractivity contribution is 7.99. The van der Waals surface area contributed by atoms with Gasteiger partial charge in [-0.25, -0.2) is 9.78 Å². The van der Waals surface area contributed by atoms with Gasteiger partial charge in [-0.3, -0.25) is 9.36 Å². The Labute approximate surface area is 183 Å². The molecule has 1 aromatic heterocycles. The number of piperidine rings is 1. The molecule has 3 rings (SSSR count). The molecule has 1 aromatic carbocycles. The fraction of sp³-hybridized carbons (Fsp3) is 0.421. The first-order valence-electron chi connectivity index (χ1n) is 9.05. The molecule has 2 heterocycles. The van der Waals surface area contributed by atoms with Crippen LogP contribution >= 0.6 is 35.0 Å². The molecule has 1 amide bonds. The first-order chi connectivity index (χ1) is 13.7. The molecule has 1 fully saturated rings. The monoisotopic (exact) mass is 456 g/mol. The van der Waals surface area contributed by atoms with Crippen LogP contribution in [0.5, 0.6) is 0 Å². The zero-order valence-corrected chi connectivity index (χ0v) is 18.5. The number of nitrogens with two attached hydrogens (primary N) is 1. The van der Waals surface area contributed by atoms with E-state index in [4.69, 9.17) is 33.7 Å². The summed E-state index contributed by atoms with van der Waals surface area (Å²) in [5.74, 6) is 0.606. The first kappa shape index (κ1) is 21.8. The summed E-state index contributed by atoms with van der Waals surface area (Å²) in [6.07, 6.45) is 2.41. The van der Waals surface area contributed by atoms with Gasteiger partial charge >= 0.3 is 6.09 Å². The summed E-state index contributed by atoms with van der Waals surface area (Å²) in [5.41, 5.74) is 4.79. The van der Waals surface area contributed by atoms with Crippen LogP contribution in [-0.2, 0) is 11.8 Å². The van der Waals surface area contributed by atoms with Crippen molar-refractivity contribution in [1.82, 2.24) is 9.55 Å². The average molecular weight is 457 g/mol. The number of anilines is 1. The molecule has 10 heteroatoms. The quantitative estimate of drug-likeness (QED) is 0.732. The van der Waals surface area contributed by atoms with Crippen molar-refractivity contribution < 1.29 is 9.53 Å². The van der Waals surface area contributed by atoms with E-state index in [-0.39, 0.29) is 11.0 Å². The van der Waals surface area contributed by atoms with E-state index in [9.17, 15) is 9.59 Å². The molecule has 1 aliphatic heterocycles. The van der Waals surface area contributed by atoms with Crippen LogP contribution in [0.2, 0.25) is 10.0 Å². The molecule has 2 aromatic rings. The van der Waals surface area contributed by atoms with Gasteiger partial charge in [-0.1, -0.05) is 48.0 Å². The molecule has 2 N–H and O–H groups in total. The minimum absolute atomic E-state index is 0.135. The minimum atomic E-state index is -0.759. The van der Waals surface area contributed by atoms with E-state index in [1.54, 1.807) is 29.9 Å². The normalized spacial score (nSPS) is 15.9. The number of hydrogen-bond acceptors (Lipinski definition) is 6. The van der Waals surface area contributed by atoms with Gasteiger partial charge in [-0.15, -0.1) is 0 Å². The third-order valence-electron chi connectivity index (χ3n) is 5.07. The van der Waals surface area contributed by atoms with Gasteiger partial charge in [0.25, 0.3) is 5.56 Å². The van der Waals surface area contributed by atoms with Gasteiger partial charge in [0, 0.05) is 30.4 Å². The molecule has 0 saturated carbocycles. The van der Waals surface area contributed by atoms with Crippen molar-refractivity contribution in [3.63, 3.8) is 0 Å². The Kier molecular flexibility index (Phi) is 6.65. The fourth-order valence-electron chi connectivity index (χ4n) is 3.20. The van der Waals surface area contributed by atoms with E-state index < -0.39 is 6.09 Å². The lowest BCUT2D eigenvalue weighted by molar-refractivity contribution is 0.0816. The van der Waals surface area contributed by atoms with Gasteiger partial charge in [0.05, 0.1) is 27.7 Å². The van der Waals surface area contributed by atoms with Crippen LogP contribution in [0.15, 0.2) is 39.0 Å². The largest absolute Gasteiger partial charge is 0.449 e. The number of hydrogen-bond donors (Lipinski definition) is 1. The van der Waals surface area contributed by atoms with E-state index in [2.05, 4.69) is 16.8 Å². The molecule has 1 aliphatic rings. The number of amides is 1. The van der Waals surface area contributed by atoms with Crippen LogP contribution in [-0.4, -0.2) is 35.3 Å². The van der Waals surface area contributed by atoms with Crippen LogP contribution in [0.3, 0.4) is 0 Å². The summed E-state index contributed by atoms with van der Waals surface area (Å²) < 4.78 is 6.53. The molecular formula is C19H22Cl2N4O3S. The smallest absolute Gasteiger partial charge is 0.404 e. The zero-order valence-electron chi connectivity index (χ0n) is 16.2. The Hall–Kier alpha value is -1.90. The number of aromatic nitrogens is 2. The molecule has 0 aliphatic carbocycles. The second-order valence-corrected chi connectivity index (χ2v) is 9.21. The standard InChI is InChI=1S/C19H22Cl2N4O3S/c1-19(11-28-17(22)27)6-8-25(9-7-19)18-23-10-14(16(26)24(18)2)29-13-5-3-4-12(20)15(13)21/h3-5,10H,6-9,11H2,1-2H3,(H2,22,27).